The second kappa shape index (κ2) is 9.28. The molecule has 0 saturated heterocycles. The van der Waals surface area contributed by atoms with Crippen LogP contribution < -0.4 is 10.1 Å². The first kappa shape index (κ1) is 21.8. The minimum atomic E-state index is -0.330. The van der Waals surface area contributed by atoms with Crippen LogP contribution in [0.15, 0.2) is 42.5 Å². The lowest BCUT2D eigenvalue weighted by Crippen LogP contribution is -2.35. The van der Waals surface area contributed by atoms with E-state index in [0.717, 1.165) is 22.7 Å². The highest BCUT2D eigenvalue weighted by Gasteiger charge is 2.19. The van der Waals surface area contributed by atoms with Gasteiger partial charge in [0.25, 0.3) is 5.91 Å². The highest BCUT2D eigenvalue weighted by molar-refractivity contribution is 6.33. The van der Waals surface area contributed by atoms with Crippen molar-refractivity contribution < 1.29 is 9.53 Å². The number of benzene rings is 1. The number of ether oxygens (including phenoxy) is 1. The molecule has 30 heavy (non-hydrogen) atoms. The molecule has 0 aliphatic rings. The van der Waals surface area contributed by atoms with Crippen LogP contribution in [0.5, 0.6) is 5.75 Å². The van der Waals surface area contributed by atoms with Crippen LogP contribution in [0.3, 0.4) is 0 Å². The number of nitrogens with zero attached hydrogens (tertiary/aromatic N) is 4. The quantitative estimate of drug-likeness (QED) is 0.624. The first-order chi connectivity index (χ1) is 14.3. The lowest BCUT2D eigenvalue weighted by atomic mass is 10.1. The van der Waals surface area contributed by atoms with Gasteiger partial charge in [0.2, 0.25) is 0 Å². The lowest BCUT2D eigenvalue weighted by Gasteiger charge is -2.25. The lowest BCUT2D eigenvalue weighted by molar-refractivity contribution is 0.0937. The maximum atomic E-state index is 12.9. The van der Waals surface area contributed by atoms with Gasteiger partial charge in [0.05, 0.1) is 23.9 Å². The molecule has 7 nitrogen and oxygen atoms in total. The molecule has 0 bridgehead atoms. The summed E-state index contributed by atoms with van der Waals surface area (Å²) < 4.78 is 6.92. The van der Waals surface area contributed by atoms with Crippen LogP contribution in [0.2, 0.25) is 5.02 Å². The Hall–Kier alpha value is -2.90. The van der Waals surface area contributed by atoms with Crippen LogP contribution in [0.4, 0.5) is 0 Å². The molecular formula is C22H26ClN5O2. The Morgan fingerprint density at radius 2 is 1.90 bits per heavy atom. The van der Waals surface area contributed by atoms with Crippen LogP contribution in [0, 0.1) is 13.8 Å². The number of halogens is 1. The fraction of sp³-hybridized carbons (Fsp3) is 0.318. The van der Waals surface area contributed by atoms with Crippen molar-refractivity contribution >= 4 is 17.5 Å². The summed E-state index contributed by atoms with van der Waals surface area (Å²) >= 11 is 6.27. The van der Waals surface area contributed by atoms with Crippen molar-refractivity contribution in [3.05, 3.63) is 70.1 Å². The summed E-state index contributed by atoms with van der Waals surface area (Å²) in [5, 5.41) is 7.68. The van der Waals surface area contributed by atoms with Crippen molar-refractivity contribution in [2.45, 2.75) is 19.9 Å². The molecule has 1 N–H and O–H groups in total. The zero-order valence-electron chi connectivity index (χ0n) is 17.8. The standard InChI is InChI=1S/C22H26ClN5O2/c1-14-12-15(2)28(26-14)20-11-10-18(23)21(25-20)22(29)24-13-19(27(3)4)16-6-8-17(30-5)9-7-16/h6-12,19H,13H2,1-5H3,(H,24,29). The summed E-state index contributed by atoms with van der Waals surface area (Å²) in [6.45, 7) is 4.25. The van der Waals surface area contributed by atoms with Gasteiger partial charge in [0.1, 0.15) is 11.4 Å². The molecule has 0 aliphatic carbocycles. The summed E-state index contributed by atoms with van der Waals surface area (Å²) in [5.74, 6) is 1.01. The first-order valence-corrected chi connectivity index (χ1v) is 9.96. The monoisotopic (exact) mass is 427 g/mol. The number of pyridine rings is 1. The molecular weight excluding hydrogens is 402 g/mol. The smallest absolute Gasteiger partial charge is 0.271 e. The van der Waals surface area contributed by atoms with Gasteiger partial charge in [-0.2, -0.15) is 5.10 Å². The van der Waals surface area contributed by atoms with Gasteiger partial charge < -0.3 is 15.0 Å². The maximum Gasteiger partial charge on any atom is 0.271 e. The van der Waals surface area contributed by atoms with E-state index < -0.39 is 0 Å². The molecule has 0 saturated carbocycles. The van der Waals surface area contributed by atoms with Gasteiger partial charge in [-0.1, -0.05) is 23.7 Å². The Balaban J connectivity index is 1.78. The number of hydrogen-bond acceptors (Lipinski definition) is 5. The van der Waals surface area contributed by atoms with Crippen LogP contribution in [-0.4, -0.2) is 53.3 Å². The molecule has 0 spiro atoms. The number of methoxy groups -OCH3 is 1. The van der Waals surface area contributed by atoms with Gasteiger partial charge in [-0.3, -0.25) is 4.79 Å². The zero-order chi connectivity index (χ0) is 21.8. The summed E-state index contributed by atoms with van der Waals surface area (Å²) in [6, 6.07) is 13.1. The molecule has 2 heterocycles. The molecule has 1 amide bonds. The van der Waals surface area contributed by atoms with Crippen LogP contribution in [0.25, 0.3) is 5.82 Å². The Morgan fingerprint density at radius 3 is 2.47 bits per heavy atom. The van der Waals surface area contributed by atoms with E-state index in [1.54, 1.807) is 23.9 Å². The van der Waals surface area contributed by atoms with E-state index in [2.05, 4.69) is 15.4 Å². The van der Waals surface area contributed by atoms with E-state index >= 15 is 0 Å². The third-order valence-corrected chi connectivity index (χ3v) is 5.16. The minimum absolute atomic E-state index is 0.0159. The fourth-order valence-electron chi connectivity index (χ4n) is 3.27. The second-order valence-corrected chi connectivity index (χ2v) is 7.71. The van der Waals surface area contributed by atoms with Crippen molar-refractivity contribution in [2.24, 2.45) is 0 Å². The number of hydrogen-bond donors (Lipinski definition) is 1. The van der Waals surface area contributed by atoms with E-state index in [-0.39, 0.29) is 17.6 Å². The first-order valence-electron chi connectivity index (χ1n) is 9.59. The molecule has 0 radical (unpaired) electrons. The van der Waals surface area contributed by atoms with E-state index in [1.165, 1.54) is 0 Å². The predicted octanol–water partition coefficient (Wildman–Crippen LogP) is 3.58. The van der Waals surface area contributed by atoms with E-state index in [9.17, 15) is 4.79 Å². The third kappa shape index (κ3) is 4.80. The Labute approximate surface area is 181 Å². The molecule has 158 valence electrons. The normalized spacial score (nSPS) is 12.1. The van der Waals surface area contributed by atoms with Gasteiger partial charge in [-0.25, -0.2) is 9.67 Å². The number of amides is 1. The van der Waals surface area contributed by atoms with Gasteiger partial charge in [-0.15, -0.1) is 0 Å². The average molecular weight is 428 g/mol. The van der Waals surface area contributed by atoms with Gasteiger partial charge in [0, 0.05) is 12.2 Å². The molecule has 3 aromatic rings. The Bertz CT molecular complexity index is 1030. The number of carbonyl (C=O) groups is 1. The van der Waals surface area contributed by atoms with Gasteiger partial charge in [-0.05, 0) is 63.8 Å². The summed E-state index contributed by atoms with van der Waals surface area (Å²) in [5.41, 5.74) is 3.05. The van der Waals surface area contributed by atoms with Gasteiger partial charge >= 0.3 is 0 Å². The van der Waals surface area contributed by atoms with Crippen molar-refractivity contribution in [1.29, 1.82) is 0 Å². The van der Waals surface area contributed by atoms with Crippen molar-refractivity contribution in [3.8, 4) is 11.6 Å². The highest BCUT2D eigenvalue weighted by atomic mass is 35.5. The minimum Gasteiger partial charge on any atom is -0.497 e. The summed E-state index contributed by atoms with van der Waals surface area (Å²) in [6.07, 6.45) is 0. The van der Waals surface area contributed by atoms with Crippen molar-refractivity contribution in [1.82, 2.24) is 25.0 Å². The Kier molecular flexibility index (Phi) is 6.74. The number of likely N-dealkylation sites (N-methyl/N-ethyl adjacent to an activating group) is 1. The average Bonchev–Trinajstić information content (AvgIpc) is 3.06. The van der Waals surface area contributed by atoms with Crippen LogP contribution >= 0.6 is 11.6 Å². The number of carbonyl (C=O) groups excluding carboxylic acids is 1. The van der Waals surface area contributed by atoms with Crippen molar-refractivity contribution in [3.63, 3.8) is 0 Å². The zero-order valence-corrected chi connectivity index (χ0v) is 18.6. The summed E-state index contributed by atoms with van der Waals surface area (Å²) in [7, 11) is 5.57. The molecule has 0 fully saturated rings. The number of rotatable bonds is 7. The Morgan fingerprint density at radius 1 is 1.20 bits per heavy atom. The van der Waals surface area contributed by atoms with E-state index in [4.69, 9.17) is 16.3 Å². The molecule has 1 atom stereocenters. The molecule has 2 aromatic heterocycles. The van der Waals surface area contributed by atoms with Crippen molar-refractivity contribution in [2.75, 3.05) is 27.7 Å². The number of aryl methyl sites for hydroxylation is 2. The second-order valence-electron chi connectivity index (χ2n) is 7.30. The summed E-state index contributed by atoms with van der Waals surface area (Å²) in [4.78, 5) is 19.4. The maximum absolute atomic E-state index is 12.9. The topological polar surface area (TPSA) is 72.3 Å². The third-order valence-electron chi connectivity index (χ3n) is 4.85. The van der Waals surface area contributed by atoms with Crippen LogP contribution in [0.1, 0.15) is 33.5 Å². The molecule has 1 aromatic carbocycles. The fourth-order valence-corrected chi connectivity index (χ4v) is 3.46. The SMILES string of the molecule is COc1ccc(C(CNC(=O)c2nc(-n3nc(C)cc3C)ccc2Cl)N(C)C)cc1. The van der Waals surface area contributed by atoms with Crippen LogP contribution in [-0.2, 0) is 0 Å². The van der Waals surface area contributed by atoms with E-state index in [0.29, 0.717) is 17.4 Å². The highest BCUT2D eigenvalue weighted by Crippen LogP contribution is 2.22. The van der Waals surface area contributed by atoms with Gasteiger partial charge in [0.15, 0.2) is 5.82 Å². The molecule has 3 rings (SSSR count). The molecule has 1 unspecified atom stereocenters. The predicted molar refractivity (Wildman–Crippen MR) is 118 cm³/mol. The molecule has 8 heteroatoms. The number of aromatic nitrogens is 3. The van der Waals surface area contributed by atoms with E-state index in [1.807, 2.05) is 63.2 Å². The largest absolute Gasteiger partial charge is 0.497 e. The molecule has 0 aliphatic heterocycles. The number of nitrogens with one attached hydrogen (secondary N) is 1.